The van der Waals surface area contributed by atoms with E-state index in [2.05, 4.69) is 22.4 Å². The van der Waals surface area contributed by atoms with Crippen LogP contribution in [0.2, 0.25) is 0 Å². The van der Waals surface area contributed by atoms with Crippen LogP contribution in [0.25, 0.3) is 0 Å². The van der Waals surface area contributed by atoms with Gasteiger partial charge in [0.1, 0.15) is 0 Å². The van der Waals surface area contributed by atoms with Crippen molar-refractivity contribution in [3.05, 3.63) is 63.9 Å². The molecule has 0 radical (unpaired) electrons. The highest BCUT2D eigenvalue weighted by atomic mass is 32.2. The summed E-state index contributed by atoms with van der Waals surface area (Å²) in [6, 6.07) is 13.4. The predicted molar refractivity (Wildman–Crippen MR) is 115 cm³/mol. The number of nitrogens with zero attached hydrogens (tertiary/aromatic N) is 3. The number of aryl methyl sites for hydroxylation is 1. The van der Waals surface area contributed by atoms with E-state index >= 15 is 0 Å². The summed E-state index contributed by atoms with van der Waals surface area (Å²) in [6.45, 7) is 2.08. The van der Waals surface area contributed by atoms with Crippen LogP contribution in [-0.4, -0.2) is 29.1 Å². The number of ether oxygens (including phenoxy) is 2. The first-order chi connectivity index (χ1) is 14.0. The molecule has 0 fully saturated rings. The van der Waals surface area contributed by atoms with E-state index < -0.39 is 5.56 Å². The average Bonchev–Trinajstić information content (AvgIpc) is 2.76. The van der Waals surface area contributed by atoms with Crippen LogP contribution in [0.1, 0.15) is 18.1 Å². The van der Waals surface area contributed by atoms with Crippen molar-refractivity contribution in [1.82, 2.24) is 14.9 Å². The van der Waals surface area contributed by atoms with Crippen LogP contribution in [0.5, 0.6) is 11.5 Å². The zero-order valence-corrected chi connectivity index (χ0v) is 17.3. The van der Waals surface area contributed by atoms with Gasteiger partial charge in [0.05, 0.1) is 14.2 Å². The van der Waals surface area contributed by atoms with Gasteiger partial charge in [0.2, 0.25) is 11.0 Å². The van der Waals surface area contributed by atoms with Crippen LogP contribution in [0, 0.1) is 0 Å². The third-order valence-electron chi connectivity index (χ3n) is 4.30. The van der Waals surface area contributed by atoms with Gasteiger partial charge in [-0.15, -0.1) is 10.2 Å². The number of thioether (sulfide) groups is 1. The Morgan fingerprint density at radius 1 is 1.03 bits per heavy atom. The number of rotatable bonds is 8. The quantitative estimate of drug-likeness (QED) is 0.429. The van der Waals surface area contributed by atoms with E-state index in [4.69, 9.17) is 15.3 Å². The highest BCUT2D eigenvalue weighted by Crippen LogP contribution is 2.30. The summed E-state index contributed by atoms with van der Waals surface area (Å²) >= 11 is 1.31. The summed E-state index contributed by atoms with van der Waals surface area (Å²) in [5, 5.41) is 11.4. The van der Waals surface area contributed by atoms with E-state index in [0.29, 0.717) is 22.4 Å². The Balaban J connectivity index is 1.73. The molecule has 9 heteroatoms. The van der Waals surface area contributed by atoms with Crippen molar-refractivity contribution in [2.45, 2.75) is 24.3 Å². The molecule has 0 bridgehead atoms. The van der Waals surface area contributed by atoms with Gasteiger partial charge in [-0.1, -0.05) is 36.9 Å². The van der Waals surface area contributed by atoms with Crippen molar-refractivity contribution in [1.29, 1.82) is 0 Å². The highest BCUT2D eigenvalue weighted by Gasteiger charge is 2.12. The molecule has 0 saturated heterocycles. The van der Waals surface area contributed by atoms with Crippen molar-refractivity contribution in [2.24, 2.45) is 0 Å². The van der Waals surface area contributed by atoms with Crippen molar-refractivity contribution in [2.75, 3.05) is 25.4 Å². The van der Waals surface area contributed by atoms with Crippen molar-refractivity contribution >= 4 is 23.3 Å². The van der Waals surface area contributed by atoms with Gasteiger partial charge in [0, 0.05) is 11.4 Å². The summed E-state index contributed by atoms with van der Waals surface area (Å²) in [6.07, 6.45) is 0.946. The molecular weight excluding hydrogens is 390 g/mol. The Kier molecular flexibility index (Phi) is 6.61. The van der Waals surface area contributed by atoms with E-state index in [1.807, 2.05) is 42.5 Å². The second kappa shape index (κ2) is 9.33. The molecule has 1 heterocycles. The molecule has 0 aliphatic rings. The first-order valence-electron chi connectivity index (χ1n) is 9.00. The molecule has 3 rings (SSSR count). The smallest absolute Gasteiger partial charge is 0.315 e. The number of nitrogens with one attached hydrogen (secondary N) is 1. The zero-order valence-electron chi connectivity index (χ0n) is 16.5. The largest absolute Gasteiger partial charge is 0.493 e. The lowest BCUT2D eigenvalue weighted by Gasteiger charge is -2.11. The molecule has 0 aliphatic carbocycles. The van der Waals surface area contributed by atoms with Gasteiger partial charge in [-0.25, -0.2) is 0 Å². The number of aromatic nitrogens is 3. The number of anilines is 2. The summed E-state index contributed by atoms with van der Waals surface area (Å²) < 4.78 is 11.5. The Labute approximate surface area is 173 Å². The standard InChI is InChI=1S/C20H23N5O3S/c1-4-13-5-8-15(9-6-13)22-18-19(26)25(21)20(24-23-18)29-12-14-7-10-16(27-2)17(11-14)28-3/h5-11H,4,12,21H2,1-3H3,(H,22,23). The van der Waals surface area contributed by atoms with Crippen molar-refractivity contribution in [3.63, 3.8) is 0 Å². The van der Waals surface area contributed by atoms with Crippen molar-refractivity contribution in [3.8, 4) is 11.5 Å². The van der Waals surface area contributed by atoms with E-state index in [-0.39, 0.29) is 5.82 Å². The first kappa shape index (κ1) is 20.5. The minimum absolute atomic E-state index is 0.0761. The maximum Gasteiger partial charge on any atom is 0.315 e. The number of benzene rings is 2. The normalized spacial score (nSPS) is 10.6. The summed E-state index contributed by atoms with van der Waals surface area (Å²) in [7, 11) is 3.17. The molecule has 8 nitrogen and oxygen atoms in total. The van der Waals surface area contributed by atoms with Crippen LogP contribution in [-0.2, 0) is 12.2 Å². The Morgan fingerprint density at radius 3 is 2.38 bits per heavy atom. The van der Waals surface area contributed by atoms with Crippen molar-refractivity contribution < 1.29 is 9.47 Å². The van der Waals surface area contributed by atoms with Gasteiger partial charge in [-0.05, 0) is 41.8 Å². The maximum absolute atomic E-state index is 12.5. The fourth-order valence-corrected chi connectivity index (χ4v) is 3.44. The second-order valence-corrected chi connectivity index (χ2v) is 7.10. The Morgan fingerprint density at radius 2 is 1.72 bits per heavy atom. The van der Waals surface area contributed by atoms with Gasteiger partial charge in [0.25, 0.3) is 0 Å². The fraction of sp³-hybridized carbons (Fsp3) is 0.250. The monoisotopic (exact) mass is 413 g/mol. The number of nitrogen functional groups attached to an aromatic ring is 1. The van der Waals surface area contributed by atoms with E-state index in [1.54, 1.807) is 14.2 Å². The molecule has 0 aliphatic heterocycles. The van der Waals surface area contributed by atoms with Crippen LogP contribution >= 0.6 is 11.8 Å². The lowest BCUT2D eigenvalue weighted by atomic mass is 10.1. The minimum Gasteiger partial charge on any atom is -0.493 e. The number of hydrogen-bond acceptors (Lipinski definition) is 8. The molecule has 0 spiro atoms. The Bertz CT molecular complexity index is 1040. The molecular formula is C20H23N5O3S. The molecule has 0 atom stereocenters. The molecule has 3 N–H and O–H groups in total. The second-order valence-electron chi connectivity index (χ2n) is 6.16. The van der Waals surface area contributed by atoms with Crippen LogP contribution < -0.4 is 26.2 Å². The number of methoxy groups -OCH3 is 2. The third kappa shape index (κ3) is 4.80. The van der Waals surface area contributed by atoms with Crippen LogP contribution in [0.3, 0.4) is 0 Å². The predicted octanol–water partition coefficient (Wildman–Crippen LogP) is 2.97. The lowest BCUT2D eigenvalue weighted by molar-refractivity contribution is 0.354. The molecule has 0 unspecified atom stereocenters. The highest BCUT2D eigenvalue weighted by molar-refractivity contribution is 7.98. The van der Waals surface area contributed by atoms with Crippen LogP contribution in [0.15, 0.2) is 52.4 Å². The third-order valence-corrected chi connectivity index (χ3v) is 5.32. The van der Waals surface area contributed by atoms with E-state index in [0.717, 1.165) is 22.3 Å². The number of nitrogens with two attached hydrogens (primary N) is 1. The van der Waals surface area contributed by atoms with Gasteiger partial charge in [-0.2, -0.15) is 4.68 Å². The number of hydrogen-bond donors (Lipinski definition) is 2. The van der Waals surface area contributed by atoms with Gasteiger partial charge in [0.15, 0.2) is 11.5 Å². The molecule has 1 aromatic heterocycles. The van der Waals surface area contributed by atoms with Gasteiger partial charge < -0.3 is 20.6 Å². The van der Waals surface area contributed by atoms with Gasteiger partial charge >= 0.3 is 5.56 Å². The van der Waals surface area contributed by atoms with E-state index in [9.17, 15) is 4.79 Å². The summed E-state index contributed by atoms with van der Waals surface area (Å²) in [5.74, 6) is 7.85. The summed E-state index contributed by atoms with van der Waals surface area (Å²) in [4.78, 5) is 12.5. The first-order valence-corrected chi connectivity index (χ1v) is 9.98. The average molecular weight is 414 g/mol. The molecule has 29 heavy (non-hydrogen) atoms. The topological polar surface area (TPSA) is 104 Å². The SMILES string of the molecule is CCc1ccc(Nc2nnc(SCc3ccc(OC)c(OC)c3)n(N)c2=O)cc1. The molecule has 2 aromatic carbocycles. The Hall–Kier alpha value is -3.20. The fourth-order valence-electron chi connectivity index (χ4n) is 2.64. The summed E-state index contributed by atoms with van der Waals surface area (Å²) in [5.41, 5.74) is 2.48. The van der Waals surface area contributed by atoms with Gasteiger partial charge in [-0.3, -0.25) is 4.79 Å². The van der Waals surface area contributed by atoms with Crippen LogP contribution in [0.4, 0.5) is 11.5 Å². The maximum atomic E-state index is 12.5. The lowest BCUT2D eigenvalue weighted by Crippen LogP contribution is -2.32. The van der Waals surface area contributed by atoms with E-state index in [1.165, 1.54) is 17.3 Å². The molecule has 3 aromatic rings. The molecule has 152 valence electrons. The molecule has 0 amide bonds. The minimum atomic E-state index is -0.450. The molecule has 0 saturated carbocycles. The zero-order chi connectivity index (χ0) is 20.8.